The topological polar surface area (TPSA) is 59.4 Å². The van der Waals surface area contributed by atoms with Gasteiger partial charge in [0.1, 0.15) is 5.58 Å². The number of benzene rings is 1. The maximum atomic E-state index is 9.52. The standard InChI is InChI=1S/C10H10BrNO2/c11-10-4-7-2-1-6(8(13)5-12)3-9(7)14-10/h1-4,8,13H,5,12H2. The number of aliphatic hydroxyl groups is 1. The average molecular weight is 256 g/mol. The Morgan fingerprint density at radius 3 is 2.93 bits per heavy atom. The second-order valence-corrected chi connectivity index (χ2v) is 3.88. The van der Waals surface area contributed by atoms with E-state index in [0.717, 1.165) is 16.5 Å². The van der Waals surface area contributed by atoms with Crippen LogP contribution in [-0.4, -0.2) is 11.7 Å². The monoisotopic (exact) mass is 255 g/mol. The van der Waals surface area contributed by atoms with E-state index < -0.39 is 6.10 Å². The highest BCUT2D eigenvalue weighted by atomic mass is 79.9. The zero-order valence-electron chi connectivity index (χ0n) is 7.40. The van der Waals surface area contributed by atoms with Crippen LogP contribution in [0.5, 0.6) is 0 Å². The van der Waals surface area contributed by atoms with Crippen LogP contribution in [0.15, 0.2) is 33.4 Å². The first kappa shape index (κ1) is 9.71. The zero-order valence-corrected chi connectivity index (χ0v) is 8.99. The highest BCUT2D eigenvalue weighted by molar-refractivity contribution is 9.10. The predicted molar refractivity (Wildman–Crippen MR) is 57.9 cm³/mol. The molecule has 3 nitrogen and oxygen atoms in total. The number of nitrogens with two attached hydrogens (primary N) is 1. The lowest BCUT2D eigenvalue weighted by atomic mass is 10.1. The van der Waals surface area contributed by atoms with Crippen molar-refractivity contribution < 1.29 is 9.52 Å². The molecule has 1 aromatic heterocycles. The molecule has 0 saturated carbocycles. The van der Waals surface area contributed by atoms with Gasteiger partial charge in [-0.2, -0.15) is 0 Å². The molecule has 0 aliphatic carbocycles. The molecule has 0 aliphatic heterocycles. The van der Waals surface area contributed by atoms with Gasteiger partial charge in [0.05, 0.1) is 6.10 Å². The van der Waals surface area contributed by atoms with Gasteiger partial charge in [-0.1, -0.05) is 12.1 Å². The quantitative estimate of drug-likeness (QED) is 0.865. The summed E-state index contributed by atoms with van der Waals surface area (Å²) >= 11 is 3.25. The van der Waals surface area contributed by atoms with Crippen molar-refractivity contribution >= 4 is 26.9 Å². The van der Waals surface area contributed by atoms with Crippen LogP contribution in [0.25, 0.3) is 11.0 Å². The Labute approximate surface area is 89.6 Å². The fraction of sp³-hybridized carbons (Fsp3) is 0.200. The first-order valence-electron chi connectivity index (χ1n) is 4.28. The van der Waals surface area contributed by atoms with Crippen LogP contribution < -0.4 is 5.73 Å². The minimum atomic E-state index is -0.622. The van der Waals surface area contributed by atoms with Crippen LogP contribution in [0.1, 0.15) is 11.7 Å². The van der Waals surface area contributed by atoms with Crippen molar-refractivity contribution in [2.45, 2.75) is 6.10 Å². The Morgan fingerprint density at radius 2 is 2.21 bits per heavy atom. The van der Waals surface area contributed by atoms with Crippen molar-refractivity contribution in [1.82, 2.24) is 0 Å². The molecule has 1 aromatic carbocycles. The van der Waals surface area contributed by atoms with Crippen molar-refractivity contribution in [3.63, 3.8) is 0 Å². The zero-order chi connectivity index (χ0) is 10.1. The Morgan fingerprint density at radius 1 is 1.43 bits per heavy atom. The van der Waals surface area contributed by atoms with Crippen molar-refractivity contribution in [1.29, 1.82) is 0 Å². The lowest BCUT2D eigenvalue weighted by Gasteiger charge is -2.06. The molecule has 1 heterocycles. The van der Waals surface area contributed by atoms with Crippen LogP contribution >= 0.6 is 15.9 Å². The predicted octanol–water partition coefficient (Wildman–Crippen LogP) is 2.19. The van der Waals surface area contributed by atoms with Crippen LogP contribution in [-0.2, 0) is 0 Å². The smallest absolute Gasteiger partial charge is 0.170 e. The summed E-state index contributed by atoms with van der Waals surface area (Å²) in [6, 6.07) is 7.44. The van der Waals surface area contributed by atoms with Gasteiger partial charge >= 0.3 is 0 Å². The lowest BCUT2D eigenvalue weighted by molar-refractivity contribution is 0.187. The maximum Gasteiger partial charge on any atom is 0.170 e. The molecule has 2 aromatic rings. The Balaban J connectivity index is 2.50. The number of halogens is 1. The summed E-state index contributed by atoms with van der Waals surface area (Å²) in [6.07, 6.45) is -0.622. The third-order valence-corrected chi connectivity index (χ3v) is 2.51. The normalized spacial score (nSPS) is 13.4. The fourth-order valence-corrected chi connectivity index (χ4v) is 1.78. The third kappa shape index (κ3) is 1.68. The summed E-state index contributed by atoms with van der Waals surface area (Å²) in [6.45, 7) is 0.216. The molecule has 0 bridgehead atoms. The van der Waals surface area contributed by atoms with Crippen LogP contribution in [0.2, 0.25) is 0 Å². The second-order valence-electron chi connectivity index (χ2n) is 3.10. The summed E-state index contributed by atoms with van der Waals surface area (Å²) in [5.74, 6) is 0. The van der Waals surface area contributed by atoms with E-state index in [0.29, 0.717) is 4.67 Å². The largest absolute Gasteiger partial charge is 0.449 e. The van der Waals surface area contributed by atoms with Gasteiger partial charge in [0.25, 0.3) is 0 Å². The van der Waals surface area contributed by atoms with Gasteiger partial charge in [-0.3, -0.25) is 0 Å². The number of hydrogen-bond acceptors (Lipinski definition) is 3. The highest BCUT2D eigenvalue weighted by Gasteiger charge is 2.07. The maximum absolute atomic E-state index is 9.52. The van der Waals surface area contributed by atoms with Crippen molar-refractivity contribution in [3.05, 3.63) is 34.5 Å². The molecule has 0 amide bonds. The van der Waals surface area contributed by atoms with E-state index in [2.05, 4.69) is 15.9 Å². The Hall–Kier alpha value is -0.840. The SMILES string of the molecule is NCC(O)c1ccc2cc(Br)oc2c1. The molecule has 0 fully saturated rings. The minimum absolute atomic E-state index is 0.216. The molecule has 3 N–H and O–H groups in total. The summed E-state index contributed by atoms with van der Waals surface area (Å²) in [5, 5.41) is 10.5. The number of aliphatic hydroxyl groups excluding tert-OH is 1. The average Bonchev–Trinajstić information content (AvgIpc) is 2.55. The van der Waals surface area contributed by atoms with Crippen LogP contribution in [0, 0.1) is 0 Å². The van der Waals surface area contributed by atoms with Gasteiger partial charge in [-0.05, 0) is 33.6 Å². The summed E-state index contributed by atoms with van der Waals surface area (Å²) in [7, 11) is 0. The molecule has 0 aliphatic rings. The van der Waals surface area contributed by atoms with E-state index in [4.69, 9.17) is 10.2 Å². The minimum Gasteiger partial charge on any atom is -0.449 e. The molecule has 1 unspecified atom stereocenters. The van der Waals surface area contributed by atoms with Gasteiger partial charge in [0.2, 0.25) is 0 Å². The lowest BCUT2D eigenvalue weighted by Crippen LogP contribution is -2.11. The van der Waals surface area contributed by atoms with Gasteiger partial charge in [-0.25, -0.2) is 0 Å². The number of hydrogen-bond donors (Lipinski definition) is 2. The molecule has 0 spiro atoms. The molecule has 0 radical (unpaired) electrons. The Kier molecular flexibility index (Phi) is 2.58. The van der Waals surface area contributed by atoms with Gasteiger partial charge in [0, 0.05) is 11.9 Å². The van der Waals surface area contributed by atoms with Crippen molar-refractivity contribution in [3.8, 4) is 0 Å². The highest BCUT2D eigenvalue weighted by Crippen LogP contribution is 2.25. The first-order valence-corrected chi connectivity index (χ1v) is 5.07. The van der Waals surface area contributed by atoms with Crippen molar-refractivity contribution in [2.24, 2.45) is 5.73 Å². The van der Waals surface area contributed by atoms with E-state index in [1.807, 2.05) is 18.2 Å². The van der Waals surface area contributed by atoms with Crippen LogP contribution in [0.4, 0.5) is 0 Å². The van der Waals surface area contributed by atoms with Gasteiger partial charge in [0.15, 0.2) is 4.67 Å². The van der Waals surface area contributed by atoms with E-state index in [1.54, 1.807) is 6.07 Å². The van der Waals surface area contributed by atoms with Crippen molar-refractivity contribution in [2.75, 3.05) is 6.54 Å². The molecule has 74 valence electrons. The Bertz CT molecular complexity index is 452. The molecular formula is C10H10BrNO2. The molecule has 4 heteroatoms. The van der Waals surface area contributed by atoms with E-state index in [9.17, 15) is 5.11 Å². The molecule has 1 atom stereocenters. The summed E-state index contributed by atoms with van der Waals surface area (Å²) < 4.78 is 6.05. The van der Waals surface area contributed by atoms with E-state index in [1.165, 1.54) is 0 Å². The molecular weight excluding hydrogens is 246 g/mol. The number of furan rings is 1. The second kappa shape index (κ2) is 3.73. The van der Waals surface area contributed by atoms with Gasteiger partial charge < -0.3 is 15.3 Å². The summed E-state index contributed by atoms with van der Waals surface area (Å²) in [4.78, 5) is 0. The van der Waals surface area contributed by atoms with E-state index >= 15 is 0 Å². The molecule has 0 saturated heterocycles. The van der Waals surface area contributed by atoms with Gasteiger partial charge in [-0.15, -0.1) is 0 Å². The summed E-state index contributed by atoms with van der Waals surface area (Å²) in [5.41, 5.74) is 6.89. The number of rotatable bonds is 2. The fourth-order valence-electron chi connectivity index (χ4n) is 1.36. The third-order valence-electron chi connectivity index (χ3n) is 2.12. The molecule has 2 rings (SSSR count). The number of fused-ring (bicyclic) bond motifs is 1. The van der Waals surface area contributed by atoms with E-state index in [-0.39, 0.29) is 6.54 Å². The first-order chi connectivity index (χ1) is 6.70. The van der Waals surface area contributed by atoms with Crippen LogP contribution in [0.3, 0.4) is 0 Å². The molecule has 14 heavy (non-hydrogen) atoms.